The minimum absolute atomic E-state index is 0. The lowest BCUT2D eigenvalue weighted by atomic mass is 10.1. The third-order valence-electron chi connectivity index (χ3n) is 2.55. The van der Waals surface area contributed by atoms with E-state index in [1.54, 1.807) is 0 Å². The van der Waals surface area contributed by atoms with Crippen LogP contribution in [0.4, 0.5) is 0 Å². The molecule has 0 heterocycles. The van der Waals surface area contributed by atoms with Crippen molar-refractivity contribution in [1.29, 1.82) is 0 Å². The van der Waals surface area contributed by atoms with E-state index in [4.69, 9.17) is 10.5 Å². The predicted molar refractivity (Wildman–Crippen MR) is 83.5 cm³/mol. The second-order valence-corrected chi connectivity index (χ2v) is 6.53. The first-order valence-corrected chi connectivity index (χ1v) is 7.95. The molecule has 1 atom stereocenters. The molecule has 0 saturated carbocycles. The van der Waals surface area contributed by atoms with Gasteiger partial charge in [-0.1, -0.05) is 30.3 Å². The third-order valence-corrected chi connectivity index (χ3v) is 3.86. The van der Waals surface area contributed by atoms with Crippen LogP contribution in [0.5, 0.6) is 0 Å². The molecule has 0 spiro atoms. The summed E-state index contributed by atoms with van der Waals surface area (Å²) < 4.78 is 31.1. The van der Waals surface area contributed by atoms with Gasteiger partial charge in [0.1, 0.15) is 0 Å². The summed E-state index contributed by atoms with van der Waals surface area (Å²) in [5.41, 5.74) is 6.83. The molecule has 1 rings (SSSR count). The van der Waals surface area contributed by atoms with Crippen molar-refractivity contribution in [3.8, 4) is 0 Å². The zero-order valence-corrected chi connectivity index (χ0v) is 13.4. The van der Waals surface area contributed by atoms with Crippen LogP contribution in [0.2, 0.25) is 0 Å². The van der Waals surface area contributed by atoms with Crippen LogP contribution in [0.1, 0.15) is 25.5 Å². The molecule has 116 valence electrons. The van der Waals surface area contributed by atoms with E-state index >= 15 is 0 Å². The molecule has 0 aliphatic rings. The molecule has 5 nitrogen and oxygen atoms in total. The van der Waals surface area contributed by atoms with E-state index in [2.05, 4.69) is 4.72 Å². The van der Waals surface area contributed by atoms with Crippen molar-refractivity contribution >= 4 is 22.4 Å². The fraction of sp³-hybridized carbons (Fsp3) is 0.538. The molecule has 1 aromatic rings. The van der Waals surface area contributed by atoms with Gasteiger partial charge in [0.2, 0.25) is 10.0 Å². The summed E-state index contributed by atoms with van der Waals surface area (Å²) in [5.74, 6) is -0.0489. The Morgan fingerprint density at radius 1 is 1.25 bits per heavy atom. The van der Waals surface area contributed by atoms with Crippen LogP contribution in [0.15, 0.2) is 30.3 Å². The van der Waals surface area contributed by atoms with E-state index in [1.165, 1.54) is 0 Å². The molecule has 3 N–H and O–H groups in total. The molecule has 0 aromatic heterocycles. The summed E-state index contributed by atoms with van der Waals surface area (Å²) >= 11 is 0. The number of halogens is 1. The van der Waals surface area contributed by atoms with Gasteiger partial charge >= 0.3 is 0 Å². The quantitative estimate of drug-likeness (QED) is 0.759. The third kappa shape index (κ3) is 7.81. The largest absolute Gasteiger partial charge is 0.378 e. The summed E-state index contributed by atoms with van der Waals surface area (Å²) in [6.07, 6.45) is 0.0294. The number of benzene rings is 1. The van der Waals surface area contributed by atoms with Gasteiger partial charge in [0.05, 0.1) is 18.5 Å². The standard InChI is InChI=1S/C13H22N2O3S.ClH/c1-11(2)18-8-9-19(16,17)15-10-13(14)12-6-4-3-5-7-12;/h3-7,11,13,15H,8-10,14H2,1-2H3;1H. The summed E-state index contributed by atoms with van der Waals surface area (Å²) in [6, 6.07) is 9.05. The van der Waals surface area contributed by atoms with E-state index in [9.17, 15) is 8.42 Å². The van der Waals surface area contributed by atoms with Crippen molar-refractivity contribution in [2.75, 3.05) is 18.9 Å². The van der Waals surface area contributed by atoms with Crippen molar-refractivity contribution in [2.24, 2.45) is 5.73 Å². The van der Waals surface area contributed by atoms with Crippen molar-refractivity contribution in [2.45, 2.75) is 26.0 Å². The molecule has 0 bridgehead atoms. The molecular weight excluding hydrogens is 300 g/mol. The summed E-state index contributed by atoms with van der Waals surface area (Å²) in [6.45, 7) is 4.11. The highest BCUT2D eigenvalue weighted by molar-refractivity contribution is 7.89. The molecule has 20 heavy (non-hydrogen) atoms. The van der Waals surface area contributed by atoms with Crippen LogP contribution in [0, 0.1) is 0 Å². The van der Waals surface area contributed by atoms with Crippen LogP contribution >= 0.6 is 12.4 Å². The van der Waals surface area contributed by atoms with Crippen molar-refractivity contribution in [1.82, 2.24) is 4.72 Å². The summed E-state index contributed by atoms with van der Waals surface area (Å²) in [5, 5.41) is 0. The van der Waals surface area contributed by atoms with E-state index < -0.39 is 10.0 Å². The second kappa shape index (κ2) is 9.31. The number of sulfonamides is 1. The highest BCUT2D eigenvalue weighted by Crippen LogP contribution is 2.08. The smallest absolute Gasteiger partial charge is 0.213 e. The van der Waals surface area contributed by atoms with Crippen LogP contribution < -0.4 is 10.5 Å². The molecule has 0 amide bonds. The fourth-order valence-electron chi connectivity index (χ4n) is 1.50. The van der Waals surface area contributed by atoms with E-state index in [1.807, 2.05) is 44.2 Å². The summed E-state index contributed by atoms with van der Waals surface area (Å²) in [4.78, 5) is 0. The Morgan fingerprint density at radius 3 is 2.40 bits per heavy atom. The van der Waals surface area contributed by atoms with Gasteiger partial charge in [0.25, 0.3) is 0 Å². The minimum atomic E-state index is -3.34. The number of hydrogen-bond donors (Lipinski definition) is 2. The number of nitrogens with two attached hydrogens (primary N) is 1. The van der Waals surface area contributed by atoms with Gasteiger partial charge in [0.15, 0.2) is 0 Å². The molecular formula is C13H23ClN2O3S. The Morgan fingerprint density at radius 2 is 1.85 bits per heavy atom. The highest BCUT2D eigenvalue weighted by Gasteiger charge is 2.13. The molecule has 0 radical (unpaired) electrons. The molecule has 1 aromatic carbocycles. The first kappa shape index (κ1) is 19.3. The van der Waals surface area contributed by atoms with Gasteiger partial charge in [-0.3, -0.25) is 0 Å². The molecule has 0 saturated heterocycles. The second-order valence-electron chi connectivity index (χ2n) is 4.60. The zero-order chi connectivity index (χ0) is 14.3. The van der Waals surface area contributed by atoms with Crippen molar-refractivity contribution in [3.63, 3.8) is 0 Å². The van der Waals surface area contributed by atoms with Gasteiger partial charge in [-0.05, 0) is 19.4 Å². The average molecular weight is 323 g/mol. The van der Waals surface area contributed by atoms with Gasteiger partial charge in [0, 0.05) is 12.6 Å². The van der Waals surface area contributed by atoms with Gasteiger partial charge in [-0.15, -0.1) is 12.4 Å². The zero-order valence-electron chi connectivity index (χ0n) is 11.8. The Balaban J connectivity index is 0.00000361. The SMILES string of the molecule is CC(C)OCCS(=O)(=O)NCC(N)c1ccccc1.Cl. The Kier molecular flexibility index (Phi) is 9.00. The van der Waals surface area contributed by atoms with Crippen LogP contribution in [-0.2, 0) is 14.8 Å². The lowest BCUT2D eigenvalue weighted by Gasteiger charge is -2.14. The lowest BCUT2D eigenvalue weighted by Crippen LogP contribution is -2.34. The fourth-order valence-corrected chi connectivity index (χ4v) is 2.39. The maximum Gasteiger partial charge on any atom is 0.213 e. The number of hydrogen-bond acceptors (Lipinski definition) is 4. The van der Waals surface area contributed by atoms with Crippen LogP contribution in [0.3, 0.4) is 0 Å². The first-order valence-electron chi connectivity index (χ1n) is 6.30. The van der Waals surface area contributed by atoms with E-state index in [0.717, 1.165) is 5.56 Å². The maximum absolute atomic E-state index is 11.7. The van der Waals surface area contributed by atoms with Crippen molar-refractivity contribution in [3.05, 3.63) is 35.9 Å². The Bertz CT molecular complexity index is 466. The number of ether oxygens (including phenoxy) is 1. The Labute approximate surface area is 127 Å². The molecule has 7 heteroatoms. The molecule has 1 unspecified atom stereocenters. The number of rotatable bonds is 8. The first-order chi connectivity index (χ1) is 8.91. The van der Waals surface area contributed by atoms with Crippen LogP contribution in [-0.4, -0.2) is 33.4 Å². The normalized spacial score (nSPS) is 13.0. The maximum atomic E-state index is 11.7. The number of nitrogens with one attached hydrogen (secondary N) is 1. The minimum Gasteiger partial charge on any atom is -0.378 e. The van der Waals surface area contributed by atoms with E-state index in [0.29, 0.717) is 0 Å². The highest BCUT2D eigenvalue weighted by atomic mass is 35.5. The monoisotopic (exact) mass is 322 g/mol. The van der Waals surface area contributed by atoms with Crippen LogP contribution in [0.25, 0.3) is 0 Å². The van der Waals surface area contributed by atoms with Crippen molar-refractivity contribution < 1.29 is 13.2 Å². The lowest BCUT2D eigenvalue weighted by molar-refractivity contribution is 0.0911. The van der Waals surface area contributed by atoms with Gasteiger partial charge < -0.3 is 10.5 Å². The predicted octanol–water partition coefficient (Wildman–Crippen LogP) is 1.45. The molecule has 0 fully saturated rings. The summed E-state index contributed by atoms with van der Waals surface area (Å²) in [7, 11) is -3.34. The van der Waals surface area contributed by atoms with Gasteiger partial charge in [-0.2, -0.15) is 0 Å². The Hall–Kier alpha value is -0.660. The van der Waals surface area contributed by atoms with E-state index in [-0.39, 0.29) is 43.5 Å². The average Bonchev–Trinajstić information content (AvgIpc) is 2.36. The molecule has 0 aliphatic heterocycles. The van der Waals surface area contributed by atoms with Gasteiger partial charge in [-0.25, -0.2) is 13.1 Å². The molecule has 0 aliphatic carbocycles. The topological polar surface area (TPSA) is 81.4 Å².